The molecule has 1 aromatic heterocycles. The Morgan fingerprint density at radius 1 is 1.07 bits per heavy atom. The Bertz CT molecular complexity index is 1140. The highest BCUT2D eigenvalue weighted by atomic mass is 32.2. The van der Waals surface area contributed by atoms with Gasteiger partial charge in [0.15, 0.2) is 9.84 Å². The first-order valence-corrected chi connectivity index (χ1v) is 11.2. The van der Waals surface area contributed by atoms with E-state index in [0.29, 0.717) is 17.9 Å². The lowest BCUT2D eigenvalue weighted by atomic mass is 10.1. The lowest BCUT2D eigenvalue weighted by Crippen LogP contribution is -2.18. The summed E-state index contributed by atoms with van der Waals surface area (Å²) in [6.07, 6.45) is 3.68. The summed E-state index contributed by atoms with van der Waals surface area (Å²) in [7, 11) is -3.08. The number of hydrogen-bond donors (Lipinski definition) is 1. The number of anilines is 1. The highest BCUT2D eigenvalue weighted by molar-refractivity contribution is 7.91. The maximum Gasteiger partial charge on any atom is 0.249 e. The molecule has 1 fully saturated rings. The summed E-state index contributed by atoms with van der Waals surface area (Å²) in [5.74, 6) is 0.370. The molecule has 0 bridgehead atoms. The summed E-state index contributed by atoms with van der Waals surface area (Å²) in [5, 5.41) is 7.47. The van der Waals surface area contributed by atoms with E-state index in [1.54, 1.807) is 16.8 Å². The zero-order valence-corrected chi connectivity index (χ0v) is 16.5. The molecule has 0 spiro atoms. The van der Waals surface area contributed by atoms with E-state index in [1.807, 2.05) is 60.7 Å². The van der Waals surface area contributed by atoms with Crippen molar-refractivity contribution in [1.29, 1.82) is 0 Å². The summed E-state index contributed by atoms with van der Waals surface area (Å²) in [6, 6.07) is 20.6. The van der Waals surface area contributed by atoms with Crippen LogP contribution in [0.4, 0.5) is 5.82 Å². The van der Waals surface area contributed by atoms with Gasteiger partial charge in [0.05, 0.1) is 23.2 Å². The third-order valence-corrected chi connectivity index (χ3v) is 6.59. The summed E-state index contributed by atoms with van der Waals surface area (Å²) in [4.78, 5) is 12.5. The molecule has 1 atom stereocenters. The van der Waals surface area contributed by atoms with Crippen LogP contribution in [-0.2, 0) is 14.6 Å². The Morgan fingerprint density at radius 2 is 1.76 bits per heavy atom. The van der Waals surface area contributed by atoms with Crippen LogP contribution in [0.15, 0.2) is 72.8 Å². The van der Waals surface area contributed by atoms with Crippen molar-refractivity contribution >= 4 is 27.6 Å². The fourth-order valence-corrected chi connectivity index (χ4v) is 5.08. The van der Waals surface area contributed by atoms with Crippen molar-refractivity contribution in [3.8, 4) is 11.3 Å². The Balaban J connectivity index is 1.61. The topological polar surface area (TPSA) is 81.1 Å². The Hall–Kier alpha value is -3.19. The van der Waals surface area contributed by atoms with E-state index in [0.717, 1.165) is 11.1 Å². The van der Waals surface area contributed by atoms with Crippen LogP contribution in [0, 0.1) is 0 Å². The van der Waals surface area contributed by atoms with Gasteiger partial charge in [0.2, 0.25) is 5.91 Å². The molecule has 6 nitrogen and oxygen atoms in total. The van der Waals surface area contributed by atoms with Crippen molar-refractivity contribution in [3.05, 3.63) is 78.4 Å². The average Bonchev–Trinajstić information content (AvgIpc) is 3.30. The van der Waals surface area contributed by atoms with E-state index in [1.165, 1.54) is 6.08 Å². The summed E-state index contributed by atoms with van der Waals surface area (Å²) >= 11 is 0. The molecule has 1 unspecified atom stereocenters. The molecule has 4 rings (SSSR count). The van der Waals surface area contributed by atoms with E-state index in [2.05, 4.69) is 10.4 Å². The number of nitrogens with zero attached hydrogens (tertiary/aromatic N) is 2. The number of rotatable bonds is 5. The SMILES string of the molecule is O=C(C=Cc1ccccc1)Nc1cc(-c2ccccc2)nn1C1CCS(=O)(=O)C1. The van der Waals surface area contributed by atoms with Crippen LogP contribution in [0.1, 0.15) is 18.0 Å². The molecule has 2 aromatic carbocycles. The van der Waals surface area contributed by atoms with Crippen molar-refractivity contribution in [2.75, 3.05) is 16.8 Å². The van der Waals surface area contributed by atoms with Gasteiger partial charge in [0.1, 0.15) is 5.82 Å². The molecule has 1 aliphatic rings. The van der Waals surface area contributed by atoms with Crippen LogP contribution < -0.4 is 5.32 Å². The number of aromatic nitrogens is 2. The number of hydrogen-bond acceptors (Lipinski definition) is 4. The van der Waals surface area contributed by atoms with Crippen molar-refractivity contribution in [2.45, 2.75) is 12.5 Å². The second-order valence-corrected chi connectivity index (χ2v) is 9.24. The fourth-order valence-electron chi connectivity index (χ4n) is 3.39. The van der Waals surface area contributed by atoms with Gasteiger partial charge in [0.25, 0.3) is 0 Å². The summed E-state index contributed by atoms with van der Waals surface area (Å²) in [6.45, 7) is 0. The standard InChI is InChI=1S/C22H21N3O3S/c26-22(12-11-17-7-3-1-4-8-17)23-21-15-20(18-9-5-2-6-10-18)24-25(21)19-13-14-29(27,28)16-19/h1-12,15,19H,13-14,16H2,(H,23,26). The van der Waals surface area contributed by atoms with Crippen molar-refractivity contribution in [2.24, 2.45) is 0 Å². The highest BCUT2D eigenvalue weighted by Crippen LogP contribution is 2.30. The first kappa shape index (κ1) is 19.1. The maximum absolute atomic E-state index is 12.5. The van der Waals surface area contributed by atoms with Crippen LogP contribution >= 0.6 is 0 Å². The van der Waals surface area contributed by atoms with Gasteiger partial charge in [-0.05, 0) is 18.1 Å². The molecule has 7 heteroatoms. The Morgan fingerprint density at radius 3 is 2.41 bits per heavy atom. The van der Waals surface area contributed by atoms with Gasteiger partial charge >= 0.3 is 0 Å². The number of carbonyl (C=O) groups excluding carboxylic acids is 1. The van der Waals surface area contributed by atoms with Gasteiger partial charge < -0.3 is 5.32 Å². The predicted molar refractivity (Wildman–Crippen MR) is 114 cm³/mol. The molecular weight excluding hydrogens is 386 g/mol. The first-order valence-electron chi connectivity index (χ1n) is 9.40. The monoisotopic (exact) mass is 407 g/mol. The molecule has 2 heterocycles. The quantitative estimate of drug-likeness (QED) is 0.656. The van der Waals surface area contributed by atoms with Crippen LogP contribution in [0.2, 0.25) is 0 Å². The second kappa shape index (κ2) is 8.05. The molecule has 0 radical (unpaired) electrons. The zero-order valence-electron chi connectivity index (χ0n) is 15.7. The summed E-state index contributed by atoms with van der Waals surface area (Å²) in [5.41, 5.74) is 2.52. The van der Waals surface area contributed by atoms with Gasteiger partial charge in [-0.1, -0.05) is 60.7 Å². The van der Waals surface area contributed by atoms with Crippen LogP contribution in [0.5, 0.6) is 0 Å². The minimum atomic E-state index is -3.08. The molecule has 1 amide bonds. The minimum Gasteiger partial charge on any atom is -0.307 e. The first-order chi connectivity index (χ1) is 14.0. The highest BCUT2D eigenvalue weighted by Gasteiger charge is 2.31. The van der Waals surface area contributed by atoms with Crippen molar-refractivity contribution < 1.29 is 13.2 Å². The van der Waals surface area contributed by atoms with Crippen molar-refractivity contribution in [1.82, 2.24) is 9.78 Å². The fraction of sp³-hybridized carbons (Fsp3) is 0.182. The number of nitrogens with one attached hydrogen (secondary N) is 1. The van der Waals surface area contributed by atoms with Gasteiger partial charge in [-0.15, -0.1) is 0 Å². The molecule has 1 aliphatic heterocycles. The average molecular weight is 407 g/mol. The molecule has 148 valence electrons. The van der Waals surface area contributed by atoms with Crippen molar-refractivity contribution in [3.63, 3.8) is 0 Å². The van der Waals surface area contributed by atoms with Crippen LogP contribution in [0.25, 0.3) is 17.3 Å². The molecule has 0 saturated carbocycles. The lowest BCUT2D eigenvalue weighted by molar-refractivity contribution is -0.111. The summed E-state index contributed by atoms with van der Waals surface area (Å²) < 4.78 is 25.5. The zero-order chi connectivity index (χ0) is 20.3. The van der Waals surface area contributed by atoms with Crippen LogP contribution in [-0.4, -0.2) is 35.6 Å². The third kappa shape index (κ3) is 4.63. The second-order valence-electron chi connectivity index (χ2n) is 7.02. The number of benzene rings is 2. The van der Waals surface area contributed by atoms with Gasteiger partial charge in [-0.3, -0.25) is 4.79 Å². The minimum absolute atomic E-state index is 0.0334. The molecule has 0 aliphatic carbocycles. The van der Waals surface area contributed by atoms with E-state index < -0.39 is 9.84 Å². The molecule has 3 aromatic rings. The predicted octanol–water partition coefficient (Wildman–Crippen LogP) is 3.56. The van der Waals surface area contributed by atoms with Gasteiger partial charge in [-0.2, -0.15) is 5.10 Å². The van der Waals surface area contributed by atoms with Crippen LogP contribution in [0.3, 0.4) is 0 Å². The number of carbonyl (C=O) groups is 1. The molecule has 1 saturated heterocycles. The number of sulfone groups is 1. The molecular formula is C22H21N3O3S. The van der Waals surface area contributed by atoms with E-state index in [9.17, 15) is 13.2 Å². The Kier molecular flexibility index (Phi) is 5.31. The van der Waals surface area contributed by atoms with Gasteiger partial charge in [-0.25, -0.2) is 13.1 Å². The number of amides is 1. The van der Waals surface area contributed by atoms with E-state index >= 15 is 0 Å². The van der Waals surface area contributed by atoms with E-state index in [4.69, 9.17) is 0 Å². The smallest absolute Gasteiger partial charge is 0.249 e. The lowest BCUT2D eigenvalue weighted by Gasteiger charge is -2.13. The molecule has 29 heavy (non-hydrogen) atoms. The largest absolute Gasteiger partial charge is 0.307 e. The van der Waals surface area contributed by atoms with E-state index in [-0.39, 0.29) is 23.5 Å². The third-order valence-electron chi connectivity index (χ3n) is 4.84. The Labute approximate surface area is 169 Å². The normalized spacial score (nSPS) is 18.1. The maximum atomic E-state index is 12.5. The van der Waals surface area contributed by atoms with Gasteiger partial charge in [0, 0.05) is 17.7 Å². The molecule has 1 N–H and O–H groups in total.